The molecule has 134 valence electrons. The molecule has 0 saturated carbocycles. The van der Waals surface area contributed by atoms with E-state index in [-0.39, 0.29) is 5.75 Å². The average molecular weight is 366 g/mol. The molecular weight excluding hydrogens is 346 g/mol. The highest BCUT2D eigenvalue weighted by atomic mass is 32.2. The molecule has 6 nitrogen and oxygen atoms in total. The van der Waals surface area contributed by atoms with Gasteiger partial charge in [-0.1, -0.05) is 12.1 Å². The van der Waals surface area contributed by atoms with E-state index in [4.69, 9.17) is 9.31 Å². The molecule has 0 atom stereocenters. The van der Waals surface area contributed by atoms with E-state index in [1.807, 2.05) is 27.7 Å². The average Bonchev–Trinajstić information content (AvgIpc) is 3.05. The number of hydrogen-bond acceptors (Lipinski definition) is 5. The highest BCUT2D eigenvalue weighted by Gasteiger charge is 2.52. The van der Waals surface area contributed by atoms with Gasteiger partial charge < -0.3 is 9.31 Å². The Morgan fingerprint density at radius 1 is 1.12 bits per heavy atom. The van der Waals surface area contributed by atoms with Gasteiger partial charge in [-0.25, -0.2) is 12.8 Å². The van der Waals surface area contributed by atoms with Crippen LogP contribution in [0.25, 0.3) is 0 Å². The third-order valence-electron chi connectivity index (χ3n) is 4.65. The van der Waals surface area contributed by atoms with Crippen molar-refractivity contribution in [1.82, 2.24) is 9.19 Å². The van der Waals surface area contributed by atoms with Crippen molar-refractivity contribution in [1.29, 1.82) is 0 Å². The summed E-state index contributed by atoms with van der Waals surface area (Å²) >= 11 is 0. The minimum Gasteiger partial charge on any atom is -0.399 e. The van der Waals surface area contributed by atoms with Crippen LogP contribution in [0, 0.1) is 5.82 Å². The molecule has 0 N–H and O–H groups in total. The third-order valence-corrected chi connectivity index (χ3v) is 6.12. The van der Waals surface area contributed by atoms with Crippen LogP contribution in [-0.4, -0.2) is 35.9 Å². The largest absolute Gasteiger partial charge is 0.498 e. The monoisotopic (exact) mass is 366 g/mol. The summed E-state index contributed by atoms with van der Waals surface area (Å²) in [6.45, 7) is 7.68. The normalized spacial score (nSPS) is 19.3. The van der Waals surface area contributed by atoms with Gasteiger partial charge >= 0.3 is 7.12 Å². The zero-order valence-electron chi connectivity index (χ0n) is 14.6. The molecule has 1 aromatic heterocycles. The standard InChI is InChI=1S/C16H20BFN2O4S/c1-15(2)16(3,4)24-17(23-15)13-9-19-20(10-13)25(21,22)11-12-5-7-14(18)8-6-12/h5-10H,11H2,1-4H3. The lowest BCUT2D eigenvalue weighted by Gasteiger charge is -2.32. The van der Waals surface area contributed by atoms with Gasteiger partial charge in [-0.2, -0.15) is 9.19 Å². The van der Waals surface area contributed by atoms with Gasteiger partial charge in [0.25, 0.3) is 10.0 Å². The Hall–Kier alpha value is -1.71. The summed E-state index contributed by atoms with van der Waals surface area (Å²) in [6.07, 6.45) is 2.81. The molecule has 0 amide bonds. The first-order valence-corrected chi connectivity index (χ1v) is 9.49. The molecule has 0 radical (unpaired) electrons. The van der Waals surface area contributed by atoms with E-state index in [1.165, 1.54) is 36.7 Å². The molecule has 0 spiro atoms. The van der Waals surface area contributed by atoms with Gasteiger partial charge in [0.15, 0.2) is 0 Å². The number of halogens is 1. The highest BCUT2D eigenvalue weighted by molar-refractivity contribution is 7.89. The zero-order valence-corrected chi connectivity index (χ0v) is 15.4. The van der Waals surface area contributed by atoms with Crippen LogP contribution >= 0.6 is 0 Å². The van der Waals surface area contributed by atoms with E-state index < -0.39 is 34.2 Å². The first-order chi connectivity index (χ1) is 11.5. The molecule has 0 aliphatic carbocycles. The molecule has 25 heavy (non-hydrogen) atoms. The second-order valence-corrected chi connectivity index (χ2v) is 8.94. The van der Waals surface area contributed by atoms with Crippen LogP contribution in [-0.2, 0) is 25.1 Å². The highest BCUT2D eigenvalue weighted by Crippen LogP contribution is 2.36. The topological polar surface area (TPSA) is 70.4 Å². The van der Waals surface area contributed by atoms with Crippen LogP contribution in [0.4, 0.5) is 4.39 Å². The lowest BCUT2D eigenvalue weighted by Crippen LogP contribution is -2.41. The summed E-state index contributed by atoms with van der Waals surface area (Å²) in [5.74, 6) is -0.694. The van der Waals surface area contributed by atoms with Crippen molar-refractivity contribution in [2.75, 3.05) is 0 Å². The van der Waals surface area contributed by atoms with Gasteiger partial charge in [0.2, 0.25) is 0 Å². The lowest BCUT2D eigenvalue weighted by atomic mass is 9.82. The molecule has 9 heteroatoms. The summed E-state index contributed by atoms with van der Waals surface area (Å²) in [7, 11) is -4.40. The summed E-state index contributed by atoms with van der Waals surface area (Å²) in [6, 6.07) is 5.32. The number of rotatable bonds is 4. The Bertz CT molecular complexity index is 862. The predicted octanol–water partition coefficient (Wildman–Crippen LogP) is 1.70. The molecule has 3 rings (SSSR count). The van der Waals surface area contributed by atoms with Gasteiger partial charge in [0.05, 0.1) is 17.0 Å². The SMILES string of the molecule is CC1(C)OB(c2cnn(S(=O)(=O)Cc3ccc(F)cc3)c2)OC1(C)C. The fourth-order valence-electron chi connectivity index (χ4n) is 2.43. The summed E-state index contributed by atoms with van der Waals surface area (Å²) in [4.78, 5) is 0. The van der Waals surface area contributed by atoms with Gasteiger partial charge in [0.1, 0.15) is 5.82 Å². The predicted molar refractivity (Wildman–Crippen MR) is 92.4 cm³/mol. The number of nitrogens with zero attached hydrogens (tertiary/aromatic N) is 2. The third kappa shape index (κ3) is 3.49. The van der Waals surface area contributed by atoms with Crippen LogP contribution in [0.5, 0.6) is 0 Å². The molecule has 1 aliphatic heterocycles. The smallest absolute Gasteiger partial charge is 0.399 e. The first kappa shape index (κ1) is 18.1. The second-order valence-electron chi connectivity index (χ2n) is 7.12. The van der Waals surface area contributed by atoms with Crippen molar-refractivity contribution >= 4 is 22.6 Å². The molecule has 1 saturated heterocycles. The van der Waals surface area contributed by atoms with Gasteiger partial charge in [0, 0.05) is 17.9 Å². The van der Waals surface area contributed by atoms with Crippen molar-refractivity contribution < 1.29 is 22.1 Å². The van der Waals surface area contributed by atoms with E-state index >= 15 is 0 Å². The van der Waals surface area contributed by atoms with Crippen LogP contribution in [0.15, 0.2) is 36.7 Å². The summed E-state index contributed by atoms with van der Waals surface area (Å²) < 4.78 is 50.6. The van der Waals surface area contributed by atoms with Crippen LogP contribution in [0.3, 0.4) is 0 Å². The van der Waals surface area contributed by atoms with Crippen molar-refractivity contribution in [3.63, 3.8) is 0 Å². The minimum atomic E-state index is -3.72. The maximum atomic E-state index is 12.9. The Balaban J connectivity index is 1.80. The molecule has 2 aromatic rings. The fraction of sp³-hybridized carbons (Fsp3) is 0.438. The van der Waals surface area contributed by atoms with E-state index in [1.54, 1.807) is 0 Å². The zero-order chi connectivity index (χ0) is 18.5. The molecular formula is C16H20BFN2O4S. The van der Waals surface area contributed by atoms with E-state index in [0.717, 1.165) is 4.09 Å². The minimum absolute atomic E-state index is 0.280. The summed E-state index contributed by atoms with van der Waals surface area (Å²) in [5.41, 5.74) is -0.0325. The Kier molecular flexibility index (Phi) is 4.29. The molecule has 0 unspecified atom stereocenters. The molecule has 1 aromatic carbocycles. The quantitative estimate of drug-likeness (QED) is 0.771. The van der Waals surface area contributed by atoms with Crippen molar-refractivity contribution in [3.05, 3.63) is 48.0 Å². The number of aromatic nitrogens is 2. The number of benzene rings is 1. The number of hydrogen-bond donors (Lipinski definition) is 0. The fourth-order valence-corrected chi connectivity index (χ4v) is 3.65. The van der Waals surface area contributed by atoms with E-state index in [2.05, 4.69) is 5.10 Å². The van der Waals surface area contributed by atoms with Gasteiger partial charge in [-0.05, 0) is 45.4 Å². The van der Waals surface area contributed by atoms with Crippen LogP contribution in [0.1, 0.15) is 33.3 Å². The Morgan fingerprint density at radius 2 is 1.68 bits per heavy atom. The lowest BCUT2D eigenvalue weighted by molar-refractivity contribution is 0.00578. The second kappa shape index (κ2) is 5.93. The van der Waals surface area contributed by atoms with Gasteiger partial charge in [-0.3, -0.25) is 0 Å². The summed E-state index contributed by atoms with van der Waals surface area (Å²) in [5, 5.41) is 3.94. The maximum absolute atomic E-state index is 12.9. The van der Waals surface area contributed by atoms with Crippen molar-refractivity contribution in [2.45, 2.75) is 44.6 Å². The Morgan fingerprint density at radius 3 is 2.24 bits per heavy atom. The van der Waals surface area contributed by atoms with Crippen LogP contribution in [0.2, 0.25) is 0 Å². The van der Waals surface area contributed by atoms with Crippen molar-refractivity contribution in [2.24, 2.45) is 0 Å². The van der Waals surface area contributed by atoms with E-state index in [0.29, 0.717) is 11.0 Å². The van der Waals surface area contributed by atoms with Crippen LogP contribution < -0.4 is 5.46 Å². The molecule has 1 fully saturated rings. The first-order valence-electron chi connectivity index (χ1n) is 7.88. The molecule has 2 heterocycles. The molecule has 0 bridgehead atoms. The van der Waals surface area contributed by atoms with Gasteiger partial charge in [-0.15, -0.1) is 0 Å². The molecule has 1 aliphatic rings. The van der Waals surface area contributed by atoms with Crippen molar-refractivity contribution in [3.8, 4) is 0 Å². The Labute approximate surface area is 147 Å². The van der Waals surface area contributed by atoms with E-state index in [9.17, 15) is 12.8 Å². The maximum Gasteiger partial charge on any atom is 0.498 e.